The SMILES string of the molecule is Cc1nn2c(=O)c3ccccc3n(CCC(=O)O)c2c1N=O. The summed E-state index contributed by atoms with van der Waals surface area (Å²) in [6.45, 7) is 1.68. The van der Waals surface area contributed by atoms with E-state index in [2.05, 4.69) is 10.3 Å². The van der Waals surface area contributed by atoms with Gasteiger partial charge in [-0.3, -0.25) is 9.59 Å². The molecule has 2 heterocycles. The number of aliphatic carboxylic acids is 1. The fourth-order valence-electron chi connectivity index (χ4n) is 2.55. The van der Waals surface area contributed by atoms with Gasteiger partial charge >= 0.3 is 5.97 Å². The Morgan fingerprint density at radius 2 is 2.09 bits per heavy atom. The van der Waals surface area contributed by atoms with Crippen LogP contribution in [0, 0.1) is 11.8 Å². The summed E-state index contributed by atoms with van der Waals surface area (Å²) in [6.07, 6.45) is -0.148. The number of para-hydroxylation sites is 1. The van der Waals surface area contributed by atoms with Crippen molar-refractivity contribution in [2.24, 2.45) is 5.18 Å². The predicted molar refractivity (Wildman–Crippen MR) is 79.4 cm³/mol. The van der Waals surface area contributed by atoms with Gasteiger partial charge in [-0.1, -0.05) is 12.1 Å². The van der Waals surface area contributed by atoms with Crippen LogP contribution in [-0.2, 0) is 11.3 Å². The van der Waals surface area contributed by atoms with Crippen molar-refractivity contribution >= 4 is 28.2 Å². The minimum atomic E-state index is -0.974. The highest BCUT2D eigenvalue weighted by Gasteiger charge is 2.19. The maximum absolute atomic E-state index is 12.5. The van der Waals surface area contributed by atoms with Crippen LogP contribution in [0.25, 0.3) is 16.6 Å². The van der Waals surface area contributed by atoms with E-state index in [-0.39, 0.29) is 29.9 Å². The van der Waals surface area contributed by atoms with E-state index >= 15 is 0 Å². The fourth-order valence-corrected chi connectivity index (χ4v) is 2.55. The number of aryl methyl sites for hydroxylation is 2. The Morgan fingerprint density at radius 1 is 1.36 bits per heavy atom. The van der Waals surface area contributed by atoms with Gasteiger partial charge in [-0.05, 0) is 24.2 Å². The summed E-state index contributed by atoms with van der Waals surface area (Å²) >= 11 is 0. The van der Waals surface area contributed by atoms with Gasteiger partial charge in [0.25, 0.3) is 5.56 Å². The van der Waals surface area contributed by atoms with Gasteiger partial charge in [0.15, 0.2) is 11.3 Å². The number of fused-ring (bicyclic) bond motifs is 2. The molecule has 112 valence electrons. The molecule has 22 heavy (non-hydrogen) atoms. The molecule has 0 bridgehead atoms. The molecular formula is C14H12N4O4. The average molecular weight is 300 g/mol. The molecule has 0 aliphatic carbocycles. The van der Waals surface area contributed by atoms with Crippen LogP contribution in [0.3, 0.4) is 0 Å². The summed E-state index contributed by atoms with van der Waals surface area (Å²) in [4.78, 5) is 34.5. The van der Waals surface area contributed by atoms with Gasteiger partial charge in [0.2, 0.25) is 0 Å². The minimum absolute atomic E-state index is 0.0493. The number of rotatable bonds is 4. The van der Waals surface area contributed by atoms with Crippen LogP contribution in [0.4, 0.5) is 5.69 Å². The number of carboxylic acid groups (broad SMARTS) is 1. The van der Waals surface area contributed by atoms with Crippen LogP contribution in [0.15, 0.2) is 34.2 Å². The highest BCUT2D eigenvalue weighted by molar-refractivity contribution is 5.83. The highest BCUT2D eigenvalue weighted by Crippen LogP contribution is 2.26. The van der Waals surface area contributed by atoms with Crippen LogP contribution < -0.4 is 5.56 Å². The first-order valence-electron chi connectivity index (χ1n) is 6.60. The van der Waals surface area contributed by atoms with Gasteiger partial charge in [-0.15, -0.1) is 4.91 Å². The second-order valence-electron chi connectivity index (χ2n) is 4.88. The van der Waals surface area contributed by atoms with Crippen LogP contribution in [0.1, 0.15) is 12.1 Å². The Labute approximate surface area is 123 Å². The van der Waals surface area contributed by atoms with Crippen molar-refractivity contribution in [3.05, 3.63) is 45.2 Å². The average Bonchev–Trinajstić information content (AvgIpc) is 2.83. The fraction of sp³-hybridized carbons (Fsp3) is 0.214. The first kappa shape index (κ1) is 13.9. The Bertz CT molecular complexity index is 970. The maximum Gasteiger partial charge on any atom is 0.305 e. The van der Waals surface area contributed by atoms with Crippen LogP contribution in [0.5, 0.6) is 0 Å². The first-order valence-corrected chi connectivity index (χ1v) is 6.60. The number of carboxylic acids is 1. The zero-order chi connectivity index (χ0) is 15.9. The molecular weight excluding hydrogens is 288 g/mol. The van der Waals surface area contributed by atoms with Crippen molar-refractivity contribution in [2.75, 3.05) is 0 Å². The molecule has 1 aromatic carbocycles. The Kier molecular flexibility index (Phi) is 3.21. The van der Waals surface area contributed by atoms with Gasteiger partial charge < -0.3 is 9.67 Å². The van der Waals surface area contributed by atoms with E-state index in [0.717, 1.165) is 4.52 Å². The molecule has 0 radical (unpaired) electrons. The summed E-state index contributed by atoms with van der Waals surface area (Å²) in [5.74, 6) is -0.974. The summed E-state index contributed by atoms with van der Waals surface area (Å²) in [7, 11) is 0. The molecule has 0 aliphatic rings. The predicted octanol–water partition coefficient (Wildman–Crippen LogP) is 1.83. The normalized spacial score (nSPS) is 11.1. The van der Waals surface area contributed by atoms with Crippen molar-refractivity contribution < 1.29 is 9.90 Å². The zero-order valence-electron chi connectivity index (χ0n) is 11.7. The molecule has 8 heteroatoms. The number of nitroso groups, excluding NO2 is 1. The van der Waals surface area contributed by atoms with Gasteiger partial charge in [0.1, 0.15) is 0 Å². The number of carbonyl (C=O) groups is 1. The summed E-state index contributed by atoms with van der Waals surface area (Å²) in [6, 6.07) is 6.80. The summed E-state index contributed by atoms with van der Waals surface area (Å²) in [5.41, 5.74) is 0.776. The van der Waals surface area contributed by atoms with E-state index in [9.17, 15) is 14.5 Å². The Hall–Kier alpha value is -3.03. The largest absolute Gasteiger partial charge is 0.481 e. The van der Waals surface area contributed by atoms with E-state index in [1.165, 1.54) is 0 Å². The summed E-state index contributed by atoms with van der Waals surface area (Å²) < 4.78 is 2.71. The molecule has 0 saturated heterocycles. The topological polar surface area (TPSA) is 106 Å². The lowest BCUT2D eigenvalue weighted by Gasteiger charge is -2.12. The molecule has 1 N–H and O–H groups in total. The third-order valence-corrected chi connectivity index (χ3v) is 3.52. The van der Waals surface area contributed by atoms with Gasteiger partial charge in [-0.2, -0.15) is 9.61 Å². The van der Waals surface area contributed by atoms with Gasteiger partial charge in [0.05, 0.1) is 23.0 Å². The van der Waals surface area contributed by atoms with Crippen molar-refractivity contribution in [3.63, 3.8) is 0 Å². The van der Waals surface area contributed by atoms with Crippen LogP contribution in [0.2, 0.25) is 0 Å². The van der Waals surface area contributed by atoms with E-state index < -0.39 is 5.97 Å². The molecule has 0 fully saturated rings. The first-order chi connectivity index (χ1) is 10.5. The Morgan fingerprint density at radius 3 is 2.77 bits per heavy atom. The molecule has 2 aromatic heterocycles. The standard InChI is InChI=1S/C14H12N4O4/c1-8-12(16-22)13-17(7-6-11(19)20)10-5-3-2-4-9(10)14(21)18(13)15-8/h2-5H,6-7H2,1H3,(H,19,20). The van der Waals surface area contributed by atoms with E-state index in [0.29, 0.717) is 16.6 Å². The molecule has 0 saturated carbocycles. The lowest BCUT2D eigenvalue weighted by Crippen LogP contribution is -2.20. The number of nitrogens with zero attached hydrogens (tertiary/aromatic N) is 4. The third kappa shape index (κ3) is 1.96. The molecule has 8 nitrogen and oxygen atoms in total. The molecule has 0 aliphatic heterocycles. The lowest BCUT2D eigenvalue weighted by atomic mass is 10.2. The number of benzene rings is 1. The third-order valence-electron chi connectivity index (χ3n) is 3.52. The summed E-state index contributed by atoms with van der Waals surface area (Å²) in [5, 5.41) is 16.3. The maximum atomic E-state index is 12.5. The van der Waals surface area contributed by atoms with E-state index in [1.54, 1.807) is 35.8 Å². The van der Waals surface area contributed by atoms with E-state index in [4.69, 9.17) is 5.11 Å². The smallest absolute Gasteiger partial charge is 0.305 e. The van der Waals surface area contributed by atoms with Crippen LogP contribution in [-0.4, -0.2) is 25.3 Å². The molecule has 3 aromatic rings. The minimum Gasteiger partial charge on any atom is -0.481 e. The van der Waals surface area contributed by atoms with Crippen molar-refractivity contribution in [1.82, 2.24) is 14.2 Å². The number of hydrogen-bond donors (Lipinski definition) is 1. The second kappa shape index (κ2) is 5.06. The molecule has 0 spiro atoms. The molecule has 0 atom stereocenters. The molecule has 0 amide bonds. The highest BCUT2D eigenvalue weighted by atomic mass is 16.4. The van der Waals surface area contributed by atoms with Gasteiger partial charge in [0, 0.05) is 6.54 Å². The molecule has 3 rings (SSSR count). The second-order valence-corrected chi connectivity index (χ2v) is 4.88. The van der Waals surface area contributed by atoms with Gasteiger partial charge in [-0.25, -0.2) is 0 Å². The monoisotopic (exact) mass is 300 g/mol. The number of hydrogen-bond acceptors (Lipinski definition) is 5. The van der Waals surface area contributed by atoms with E-state index in [1.807, 2.05) is 0 Å². The molecule has 0 unspecified atom stereocenters. The number of aromatic nitrogens is 3. The quantitative estimate of drug-likeness (QED) is 0.740. The van der Waals surface area contributed by atoms with Crippen LogP contribution >= 0.6 is 0 Å². The van der Waals surface area contributed by atoms with Crippen molar-refractivity contribution in [1.29, 1.82) is 0 Å². The zero-order valence-corrected chi connectivity index (χ0v) is 11.7. The lowest BCUT2D eigenvalue weighted by molar-refractivity contribution is -0.137. The van der Waals surface area contributed by atoms with Crippen molar-refractivity contribution in [3.8, 4) is 0 Å². The Balaban J connectivity index is 2.49. The van der Waals surface area contributed by atoms with Crippen molar-refractivity contribution in [2.45, 2.75) is 19.9 Å².